The van der Waals surface area contributed by atoms with Gasteiger partial charge in [0.2, 0.25) is 5.78 Å². The molecule has 3 aromatic heterocycles. The summed E-state index contributed by atoms with van der Waals surface area (Å²) >= 11 is 1.30. The fourth-order valence-corrected chi connectivity index (χ4v) is 4.78. The van der Waals surface area contributed by atoms with E-state index >= 15 is 0 Å². The van der Waals surface area contributed by atoms with Gasteiger partial charge in [0, 0.05) is 0 Å². The van der Waals surface area contributed by atoms with E-state index in [1.807, 2.05) is 59.0 Å². The van der Waals surface area contributed by atoms with Crippen LogP contribution in [0.3, 0.4) is 0 Å². The van der Waals surface area contributed by atoms with E-state index < -0.39 is 0 Å². The summed E-state index contributed by atoms with van der Waals surface area (Å²) in [6.45, 7) is 0.367. The van der Waals surface area contributed by atoms with Crippen molar-refractivity contribution in [3.05, 3.63) is 105 Å². The molecule has 0 aliphatic heterocycles. The highest BCUT2D eigenvalue weighted by Gasteiger charge is 2.17. The molecule has 0 bridgehead atoms. The third kappa shape index (κ3) is 3.35. The highest BCUT2D eigenvalue weighted by molar-refractivity contribution is 7.98. The van der Waals surface area contributed by atoms with Crippen LogP contribution in [0.4, 0.5) is 0 Å². The predicted octanol–water partition coefficient (Wildman–Crippen LogP) is 2.95. The number of benzene rings is 3. The molecule has 0 spiro atoms. The number of rotatable bonds is 5. The van der Waals surface area contributed by atoms with E-state index in [-0.39, 0.29) is 17.0 Å². The maximum absolute atomic E-state index is 13.3. The number of hydrogen-bond donors (Lipinski definition) is 0. The van der Waals surface area contributed by atoms with Crippen LogP contribution in [-0.2, 0) is 12.4 Å². The first-order valence-electron chi connectivity index (χ1n) is 10.6. The van der Waals surface area contributed by atoms with Crippen LogP contribution in [0.15, 0.2) is 93.6 Å². The first-order chi connectivity index (χ1) is 16.7. The van der Waals surface area contributed by atoms with Crippen molar-refractivity contribution in [1.29, 1.82) is 0 Å². The molecular formula is C24H17N7O2S. The van der Waals surface area contributed by atoms with Crippen molar-refractivity contribution >= 4 is 39.3 Å². The second kappa shape index (κ2) is 8.23. The summed E-state index contributed by atoms with van der Waals surface area (Å²) in [6.07, 6.45) is 0. The van der Waals surface area contributed by atoms with Crippen molar-refractivity contribution in [1.82, 2.24) is 34.2 Å². The summed E-state index contributed by atoms with van der Waals surface area (Å²) in [5.74, 6) is 0.635. The number of aromatic nitrogens is 7. The van der Waals surface area contributed by atoms with Gasteiger partial charge in [-0.05, 0) is 29.8 Å². The van der Waals surface area contributed by atoms with E-state index in [9.17, 15) is 9.59 Å². The Labute approximate surface area is 196 Å². The van der Waals surface area contributed by atoms with Gasteiger partial charge < -0.3 is 0 Å². The van der Waals surface area contributed by atoms with Gasteiger partial charge in [0.25, 0.3) is 11.1 Å². The van der Waals surface area contributed by atoms with Crippen LogP contribution in [0.5, 0.6) is 0 Å². The Bertz CT molecular complexity index is 1790. The Morgan fingerprint density at radius 2 is 1.47 bits per heavy atom. The highest BCUT2D eigenvalue weighted by atomic mass is 32.2. The number of nitrogens with zero attached hydrogens (tertiary/aromatic N) is 7. The van der Waals surface area contributed by atoms with Crippen LogP contribution in [0.2, 0.25) is 0 Å². The molecule has 0 unspecified atom stereocenters. The minimum atomic E-state index is -0.224. The van der Waals surface area contributed by atoms with Crippen LogP contribution >= 0.6 is 11.8 Å². The standard InChI is InChI=1S/C24H17N7O2S/c32-21-18-11-5-7-13-20(18)31-23(29(21)14-16-8-2-1-3-9-16)26-27-24(31)34-15-30-22(33)17-10-4-6-12-19(17)25-28-30/h1-13H,14-15H2. The summed E-state index contributed by atoms with van der Waals surface area (Å²) in [4.78, 5) is 26.1. The van der Waals surface area contributed by atoms with Gasteiger partial charge >= 0.3 is 0 Å². The van der Waals surface area contributed by atoms with E-state index in [2.05, 4.69) is 20.5 Å². The number of hydrogen-bond acceptors (Lipinski definition) is 7. The van der Waals surface area contributed by atoms with E-state index in [4.69, 9.17) is 0 Å². The smallest absolute Gasteiger partial charge is 0.272 e. The monoisotopic (exact) mass is 467 g/mol. The third-order valence-electron chi connectivity index (χ3n) is 5.61. The lowest BCUT2D eigenvalue weighted by molar-refractivity contribution is 0.643. The lowest BCUT2D eigenvalue weighted by Crippen LogP contribution is -2.24. The Balaban J connectivity index is 1.46. The van der Waals surface area contributed by atoms with Crippen molar-refractivity contribution < 1.29 is 0 Å². The van der Waals surface area contributed by atoms with Crippen molar-refractivity contribution in [3.8, 4) is 0 Å². The lowest BCUT2D eigenvalue weighted by atomic mass is 10.2. The Morgan fingerprint density at radius 1 is 0.735 bits per heavy atom. The van der Waals surface area contributed by atoms with E-state index in [1.54, 1.807) is 28.8 Å². The average Bonchev–Trinajstić information content (AvgIpc) is 3.31. The van der Waals surface area contributed by atoms with Crippen molar-refractivity contribution in [2.45, 2.75) is 17.6 Å². The van der Waals surface area contributed by atoms with Crippen LogP contribution in [0, 0.1) is 0 Å². The maximum Gasteiger partial charge on any atom is 0.278 e. The molecule has 3 heterocycles. The highest BCUT2D eigenvalue weighted by Crippen LogP contribution is 2.23. The lowest BCUT2D eigenvalue weighted by Gasteiger charge is -2.11. The van der Waals surface area contributed by atoms with Crippen LogP contribution in [0.25, 0.3) is 27.6 Å². The first-order valence-corrected chi connectivity index (χ1v) is 11.6. The molecule has 3 aromatic carbocycles. The van der Waals surface area contributed by atoms with E-state index in [0.717, 1.165) is 5.56 Å². The summed E-state index contributed by atoms with van der Waals surface area (Å²) in [7, 11) is 0. The zero-order valence-electron chi connectivity index (χ0n) is 17.8. The first kappa shape index (κ1) is 20.3. The molecule has 0 aliphatic carbocycles. The quantitative estimate of drug-likeness (QED) is 0.359. The molecule has 0 atom stereocenters. The van der Waals surface area contributed by atoms with Gasteiger partial charge in [-0.25, -0.2) is 0 Å². The summed E-state index contributed by atoms with van der Waals surface area (Å²) in [5.41, 5.74) is 1.89. The largest absolute Gasteiger partial charge is 0.278 e. The number of thioether (sulfide) groups is 1. The van der Waals surface area contributed by atoms with Crippen molar-refractivity contribution in [2.24, 2.45) is 0 Å². The Kier molecular flexibility index (Phi) is 4.92. The van der Waals surface area contributed by atoms with Gasteiger partial charge in [0.05, 0.1) is 28.7 Å². The molecule has 10 heteroatoms. The predicted molar refractivity (Wildman–Crippen MR) is 130 cm³/mol. The Morgan fingerprint density at radius 3 is 2.32 bits per heavy atom. The van der Waals surface area contributed by atoms with Crippen molar-refractivity contribution in [3.63, 3.8) is 0 Å². The molecule has 0 saturated carbocycles. The topological polar surface area (TPSA) is 100.0 Å². The summed E-state index contributed by atoms with van der Waals surface area (Å²) in [6, 6.07) is 24.2. The van der Waals surface area contributed by atoms with Gasteiger partial charge in [0.15, 0.2) is 5.16 Å². The van der Waals surface area contributed by atoms with Gasteiger partial charge in [-0.15, -0.1) is 15.3 Å². The average molecular weight is 468 g/mol. The second-order valence-corrected chi connectivity index (χ2v) is 8.61. The fourth-order valence-electron chi connectivity index (χ4n) is 3.96. The maximum atomic E-state index is 13.3. The van der Waals surface area contributed by atoms with Gasteiger partial charge in [-0.2, -0.15) is 4.68 Å². The third-order valence-corrected chi connectivity index (χ3v) is 6.50. The molecule has 0 N–H and O–H groups in total. The molecule has 6 rings (SSSR count). The molecule has 166 valence electrons. The molecule has 0 fully saturated rings. The summed E-state index contributed by atoms with van der Waals surface area (Å²) < 4.78 is 4.77. The molecule has 6 aromatic rings. The fraction of sp³-hybridized carbons (Fsp3) is 0.0833. The van der Waals surface area contributed by atoms with E-state index in [1.165, 1.54) is 16.4 Å². The zero-order valence-corrected chi connectivity index (χ0v) is 18.6. The number of para-hydroxylation sites is 1. The van der Waals surface area contributed by atoms with Gasteiger partial charge in [0.1, 0.15) is 5.52 Å². The molecule has 0 aliphatic rings. The molecule has 9 nitrogen and oxygen atoms in total. The van der Waals surface area contributed by atoms with E-state index in [0.29, 0.717) is 39.3 Å². The minimum absolute atomic E-state index is 0.132. The molecule has 34 heavy (non-hydrogen) atoms. The van der Waals surface area contributed by atoms with Crippen LogP contribution < -0.4 is 11.1 Å². The molecule has 0 saturated heterocycles. The van der Waals surface area contributed by atoms with Gasteiger partial charge in [-0.3, -0.25) is 18.6 Å². The second-order valence-electron chi connectivity index (χ2n) is 7.70. The minimum Gasteiger partial charge on any atom is -0.272 e. The van der Waals surface area contributed by atoms with Crippen LogP contribution in [-0.4, -0.2) is 34.2 Å². The Hall–Kier alpha value is -4.31. The number of fused-ring (bicyclic) bond motifs is 4. The van der Waals surface area contributed by atoms with Crippen LogP contribution in [0.1, 0.15) is 5.56 Å². The molecule has 0 amide bonds. The van der Waals surface area contributed by atoms with Crippen molar-refractivity contribution in [2.75, 3.05) is 0 Å². The SMILES string of the molecule is O=c1c2ccccc2nnn1CSc1nnc2n(Cc3ccccc3)c(=O)c3ccccc3n12. The van der Waals surface area contributed by atoms with Gasteiger partial charge in [-0.1, -0.05) is 71.6 Å². The molecular weight excluding hydrogens is 450 g/mol. The zero-order chi connectivity index (χ0) is 23.1. The normalized spacial score (nSPS) is 11.5. The summed E-state index contributed by atoms with van der Waals surface area (Å²) in [5, 5.41) is 18.5. The molecule has 0 radical (unpaired) electrons.